The van der Waals surface area contributed by atoms with Crippen LogP contribution in [-0.2, 0) is 11.4 Å². The molecule has 2 fully saturated rings. The van der Waals surface area contributed by atoms with Crippen molar-refractivity contribution in [3.05, 3.63) is 90.0 Å². The summed E-state index contributed by atoms with van der Waals surface area (Å²) in [5.74, 6) is 1.29. The molecular formula is C32H38N4O3. The average Bonchev–Trinajstić information content (AvgIpc) is 2.98. The molecule has 0 aromatic heterocycles. The number of anilines is 2. The van der Waals surface area contributed by atoms with E-state index < -0.39 is 0 Å². The molecule has 3 N–H and O–H groups in total. The lowest BCUT2D eigenvalue weighted by molar-refractivity contribution is -0.117. The molecule has 1 saturated heterocycles. The number of hydrogen-bond acceptors (Lipinski definition) is 4. The number of rotatable bonds is 8. The van der Waals surface area contributed by atoms with Crippen molar-refractivity contribution in [3.8, 4) is 5.75 Å². The van der Waals surface area contributed by atoms with Crippen LogP contribution in [0.5, 0.6) is 5.75 Å². The van der Waals surface area contributed by atoms with Crippen molar-refractivity contribution in [2.24, 2.45) is 0 Å². The smallest absolute Gasteiger partial charge is 0.322 e. The van der Waals surface area contributed by atoms with E-state index in [-0.39, 0.29) is 24.4 Å². The molecule has 3 aromatic rings. The van der Waals surface area contributed by atoms with Crippen molar-refractivity contribution >= 4 is 23.3 Å². The lowest BCUT2D eigenvalue weighted by Gasteiger charge is -2.35. The van der Waals surface area contributed by atoms with Gasteiger partial charge >= 0.3 is 6.03 Å². The maximum Gasteiger partial charge on any atom is 0.322 e. The van der Waals surface area contributed by atoms with Gasteiger partial charge in [0.1, 0.15) is 12.4 Å². The van der Waals surface area contributed by atoms with Gasteiger partial charge in [-0.1, -0.05) is 61.7 Å². The van der Waals surface area contributed by atoms with Crippen LogP contribution >= 0.6 is 0 Å². The molecule has 7 nitrogen and oxygen atoms in total. The molecule has 3 amide bonds. The second kappa shape index (κ2) is 13.3. The molecule has 3 aromatic carbocycles. The highest BCUT2D eigenvalue weighted by Crippen LogP contribution is 2.33. The third kappa shape index (κ3) is 7.60. The molecule has 5 rings (SSSR count). The monoisotopic (exact) mass is 526 g/mol. The van der Waals surface area contributed by atoms with Crippen LogP contribution in [0.2, 0.25) is 0 Å². The van der Waals surface area contributed by atoms with E-state index in [2.05, 4.69) is 28.1 Å². The van der Waals surface area contributed by atoms with Crippen LogP contribution in [0.25, 0.3) is 0 Å². The zero-order valence-corrected chi connectivity index (χ0v) is 22.4. The van der Waals surface area contributed by atoms with Crippen LogP contribution in [0.3, 0.4) is 0 Å². The molecule has 1 atom stereocenters. The quantitative estimate of drug-likeness (QED) is 0.329. The summed E-state index contributed by atoms with van der Waals surface area (Å²) in [5.41, 5.74) is 3.95. The Hall–Kier alpha value is -3.84. The van der Waals surface area contributed by atoms with Gasteiger partial charge in [0.05, 0.1) is 6.04 Å². The van der Waals surface area contributed by atoms with Gasteiger partial charge in [0.25, 0.3) is 0 Å². The molecular weight excluding hydrogens is 488 g/mol. The molecule has 1 aliphatic heterocycles. The Kier molecular flexibility index (Phi) is 9.12. The zero-order valence-electron chi connectivity index (χ0n) is 22.4. The molecule has 1 aliphatic carbocycles. The first-order valence-electron chi connectivity index (χ1n) is 14.1. The number of amides is 3. The fourth-order valence-corrected chi connectivity index (χ4v) is 5.48. The van der Waals surface area contributed by atoms with Crippen molar-refractivity contribution in [2.75, 3.05) is 30.3 Å². The van der Waals surface area contributed by atoms with Crippen molar-refractivity contribution < 1.29 is 14.3 Å². The molecule has 1 unspecified atom stereocenters. The largest absolute Gasteiger partial charge is 0.489 e. The first-order valence-corrected chi connectivity index (χ1v) is 14.1. The Morgan fingerprint density at radius 2 is 1.54 bits per heavy atom. The molecule has 2 aliphatic rings. The molecule has 0 radical (unpaired) electrons. The summed E-state index contributed by atoms with van der Waals surface area (Å²) >= 11 is 0. The van der Waals surface area contributed by atoms with Crippen molar-refractivity contribution in [3.63, 3.8) is 0 Å². The molecule has 39 heavy (non-hydrogen) atoms. The van der Waals surface area contributed by atoms with Crippen LogP contribution < -0.4 is 20.7 Å². The highest BCUT2D eigenvalue weighted by Gasteiger charge is 2.28. The fourth-order valence-electron chi connectivity index (χ4n) is 5.48. The minimum atomic E-state index is -0.228. The molecule has 1 saturated carbocycles. The summed E-state index contributed by atoms with van der Waals surface area (Å²) in [6, 6.07) is 25.2. The maximum atomic E-state index is 13.1. The zero-order chi connectivity index (χ0) is 26.9. The Bertz CT molecular complexity index is 1210. The molecule has 0 spiro atoms. The topological polar surface area (TPSA) is 82.7 Å². The summed E-state index contributed by atoms with van der Waals surface area (Å²) in [6.07, 6.45) is 6.69. The van der Waals surface area contributed by atoms with E-state index in [4.69, 9.17) is 4.74 Å². The van der Waals surface area contributed by atoms with Crippen molar-refractivity contribution in [1.29, 1.82) is 0 Å². The van der Waals surface area contributed by atoms with Crippen LogP contribution in [-0.4, -0.2) is 42.5 Å². The molecule has 0 bridgehead atoms. The second-order valence-corrected chi connectivity index (χ2v) is 10.5. The number of carbonyl (C=O) groups excluding carboxylic acids is 2. The predicted molar refractivity (Wildman–Crippen MR) is 155 cm³/mol. The van der Waals surface area contributed by atoms with Crippen LogP contribution in [0.4, 0.5) is 16.2 Å². The van der Waals surface area contributed by atoms with Gasteiger partial charge in [-0.3, -0.25) is 4.79 Å². The van der Waals surface area contributed by atoms with E-state index in [1.54, 1.807) is 4.90 Å². The summed E-state index contributed by atoms with van der Waals surface area (Å²) in [6.45, 7) is 2.30. The normalized spacial score (nSPS) is 17.8. The summed E-state index contributed by atoms with van der Waals surface area (Å²) < 4.78 is 5.84. The van der Waals surface area contributed by atoms with Crippen molar-refractivity contribution in [1.82, 2.24) is 10.2 Å². The highest BCUT2D eigenvalue weighted by atomic mass is 16.5. The number of nitrogens with zero attached hydrogens (tertiary/aromatic N) is 1. The van der Waals surface area contributed by atoms with Gasteiger partial charge < -0.3 is 25.6 Å². The first-order chi connectivity index (χ1) is 19.1. The van der Waals surface area contributed by atoms with Gasteiger partial charge in [-0.25, -0.2) is 4.79 Å². The van der Waals surface area contributed by atoms with E-state index in [1.165, 1.54) is 37.7 Å². The average molecular weight is 527 g/mol. The number of ether oxygens (including phenoxy) is 1. The van der Waals surface area contributed by atoms with E-state index in [0.717, 1.165) is 17.0 Å². The SMILES string of the molecule is O=C(CC1CNCCN1C(=O)Nc1ccc(OCc2ccccc2)cc1)Nc1ccc(C2CCCCC2)cc1. The number of hydrogen-bond donors (Lipinski definition) is 3. The first kappa shape index (κ1) is 26.8. The lowest BCUT2D eigenvalue weighted by atomic mass is 9.84. The Balaban J connectivity index is 1.11. The summed E-state index contributed by atoms with van der Waals surface area (Å²) in [4.78, 5) is 27.8. The van der Waals surface area contributed by atoms with Gasteiger partial charge in [0.2, 0.25) is 5.91 Å². The Labute approximate surface area is 230 Å². The number of urea groups is 1. The predicted octanol–water partition coefficient (Wildman–Crippen LogP) is 6.15. The lowest BCUT2D eigenvalue weighted by Crippen LogP contribution is -2.55. The third-order valence-corrected chi connectivity index (χ3v) is 7.66. The molecule has 204 valence electrons. The fraction of sp³-hybridized carbons (Fsp3) is 0.375. The number of piperazine rings is 1. The number of benzene rings is 3. The Morgan fingerprint density at radius 1 is 0.846 bits per heavy atom. The van der Waals surface area contributed by atoms with Crippen LogP contribution in [0.15, 0.2) is 78.9 Å². The number of nitrogens with one attached hydrogen (secondary N) is 3. The summed E-state index contributed by atoms with van der Waals surface area (Å²) in [7, 11) is 0. The van der Waals surface area contributed by atoms with E-state index in [0.29, 0.717) is 37.8 Å². The highest BCUT2D eigenvalue weighted by molar-refractivity contribution is 5.93. The third-order valence-electron chi connectivity index (χ3n) is 7.66. The van der Waals surface area contributed by atoms with E-state index >= 15 is 0 Å². The summed E-state index contributed by atoms with van der Waals surface area (Å²) in [5, 5.41) is 9.31. The maximum absolute atomic E-state index is 13.1. The number of carbonyl (C=O) groups is 2. The van der Waals surface area contributed by atoms with Gasteiger partial charge in [-0.05, 0) is 66.3 Å². The van der Waals surface area contributed by atoms with Gasteiger partial charge in [-0.2, -0.15) is 0 Å². The van der Waals surface area contributed by atoms with Gasteiger partial charge in [0, 0.05) is 37.4 Å². The minimum Gasteiger partial charge on any atom is -0.489 e. The van der Waals surface area contributed by atoms with E-state index in [9.17, 15) is 9.59 Å². The standard InChI is InChI=1S/C32H38N4O3/c37-31(34-27-13-11-26(12-14-27)25-9-5-2-6-10-25)21-29-22-33-19-20-36(29)32(38)35-28-15-17-30(18-16-28)39-23-24-7-3-1-4-8-24/h1,3-4,7-8,11-18,25,29,33H,2,5-6,9-10,19-23H2,(H,34,37)(H,35,38). The Morgan fingerprint density at radius 3 is 2.28 bits per heavy atom. The van der Waals surface area contributed by atoms with Gasteiger partial charge in [-0.15, -0.1) is 0 Å². The molecule has 7 heteroatoms. The van der Waals surface area contributed by atoms with Crippen molar-refractivity contribution in [2.45, 2.75) is 57.1 Å². The molecule has 1 heterocycles. The second-order valence-electron chi connectivity index (χ2n) is 10.5. The van der Waals surface area contributed by atoms with Crippen LogP contribution in [0, 0.1) is 0 Å². The van der Waals surface area contributed by atoms with Gasteiger partial charge in [0.15, 0.2) is 0 Å². The minimum absolute atomic E-state index is 0.0909. The van der Waals surface area contributed by atoms with Crippen LogP contribution in [0.1, 0.15) is 55.6 Å². The van der Waals surface area contributed by atoms with E-state index in [1.807, 2.05) is 66.7 Å².